The van der Waals surface area contributed by atoms with Crippen molar-refractivity contribution >= 4 is 5.91 Å². The van der Waals surface area contributed by atoms with Gasteiger partial charge >= 0.3 is 0 Å². The lowest BCUT2D eigenvalue weighted by Crippen LogP contribution is -2.49. The molecule has 3 heteroatoms. The minimum Gasteiger partial charge on any atom is -0.334 e. The number of nitrogens with two attached hydrogens (primary N) is 1. The average Bonchev–Trinajstić information content (AvgIpc) is 2.48. The maximum atomic E-state index is 12.3. The lowest BCUT2D eigenvalue weighted by Gasteiger charge is -2.40. The van der Waals surface area contributed by atoms with E-state index in [2.05, 4.69) is 45.0 Å². The van der Waals surface area contributed by atoms with E-state index in [9.17, 15) is 4.79 Å². The standard InChI is InChI=1S/C18H28N2O/c1-4-14-5-7-15(8-6-14)18-16(19)9-10-17(21)20(18)12-11-13(2)3/h5-8,13,16,18H,4,9-12,19H2,1-3H3. The molecule has 0 radical (unpaired) electrons. The summed E-state index contributed by atoms with van der Waals surface area (Å²) in [6, 6.07) is 8.68. The van der Waals surface area contributed by atoms with Gasteiger partial charge in [0.15, 0.2) is 0 Å². The highest BCUT2D eigenvalue weighted by molar-refractivity contribution is 5.78. The van der Waals surface area contributed by atoms with Crippen LogP contribution in [-0.2, 0) is 11.2 Å². The van der Waals surface area contributed by atoms with Gasteiger partial charge in [0.25, 0.3) is 0 Å². The van der Waals surface area contributed by atoms with Gasteiger partial charge < -0.3 is 10.6 Å². The van der Waals surface area contributed by atoms with Crippen LogP contribution in [-0.4, -0.2) is 23.4 Å². The SMILES string of the molecule is CCc1ccc(C2C(N)CCC(=O)N2CCC(C)C)cc1. The van der Waals surface area contributed by atoms with Gasteiger partial charge in [-0.1, -0.05) is 45.0 Å². The van der Waals surface area contributed by atoms with Crippen molar-refractivity contribution in [3.8, 4) is 0 Å². The maximum Gasteiger partial charge on any atom is 0.223 e. The fourth-order valence-corrected chi connectivity index (χ4v) is 3.02. The Morgan fingerprint density at radius 2 is 1.95 bits per heavy atom. The van der Waals surface area contributed by atoms with Crippen LogP contribution in [0.2, 0.25) is 0 Å². The molecule has 1 saturated heterocycles. The van der Waals surface area contributed by atoms with Crippen molar-refractivity contribution < 1.29 is 4.79 Å². The third-order valence-electron chi connectivity index (χ3n) is 4.43. The van der Waals surface area contributed by atoms with Gasteiger partial charge in [-0.3, -0.25) is 4.79 Å². The summed E-state index contributed by atoms with van der Waals surface area (Å²) >= 11 is 0. The van der Waals surface area contributed by atoms with Gasteiger partial charge in [0.05, 0.1) is 6.04 Å². The van der Waals surface area contributed by atoms with Crippen molar-refractivity contribution in [2.45, 2.75) is 58.5 Å². The maximum absolute atomic E-state index is 12.3. The zero-order valence-electron chi connectivity index (χ0n) is 13.5. The van der Waals surface area contributed by atoms with E-state index < -0.39 is 0 Å². The van der Waals surface area contributed by atoms with E-state index in [1.165, 1.54) is 11.1 Å². The summed E-state index contributed by atoms with van der Waals surface area (Å²) in [7, 11) is 0. The highest BCUT2D eigenvalue weighted by Gasteiger charge is 2.34. The average molecular weight is 288 g/mol. The molecule has 0 aliphatic carbocycles. The Hall–Kier alpha value is -1.35. The molecule has 2 unspecified atom stereocenters. The minimum absolute atomic E-state index is 0.0379. The Morgan fingerprint density at radius 3 is 2.52 bits per heavy atom. The lowest BCUT2D eigenvalue weighted by atomic mass is 9.89. The molecule has 116 valence electrons. The molecule has 1 amide bonds. The fourth-order valence-electron chi connectivity index (χ4n) is 3.02. The molecule has 0 bridgehead atoms. The van der Waals surface area contributed by atoms with Crippen molar-refractivity contribution in [1.29, 1.82) is 0 Å². The van der Waals surface area contributed by atoms with Crippen LogP contribution in [0.5, 0.6) is 0 Å². The van der Waals surface area contributed by atoms with Crippen molar-refractivity contribution in [3.63, 3.8) is 0 Å². The summed E-state index contributed by atoms with van der Waals surface area (Å²) in [5.74, 6) is 0.848. The first-order valence-electron chi connectivity index (χ1n) is 8.16. The van der Waals surface area contributed by atoms with E-state index in [1.807, 2.05) is 4.90 Å². The molecule has 2 atom stereocenters. The van der Waals surface area contributed by atoms with E-state index >= 15 is 0 Å². The van der Waals surface area contributed by atoms with Crippen LogP contribution in [0.15, 0.2) is 24.3 Å². The summed E-state index contributed by atoms with van der Waals surface area (Å²) in [5.41, 5.74) is 8.85. The van der Waals surface area contributed by atoms with Crippen LogP contribution in [0.3, 0.4) is 0 Å². The minimum atomic E-state index is 0.0379. The molecule has 1 fully saturated rings. The smallest absolute Gasteiger partial charge is 0.223 e. The highest BCUT2D eigenvalue weighted by Crippen LogP contribution is 2.31. The second kappa shape index (κ2) is 7.08. The molecule has 2 N–H and O–H groups in total. The quantitative estimate of drug-likeness (QED) is 0.903. The lowest BCUT2D eigenvalue weighted by molar-refractivity contribution is -0.137. The number of likely N-dealkylation sites (tertiary alicyclic amines) is 1. The number of nitrogens with zero attached hydrogens (tertiary/aromatic N) is 1. The van der Waals surface area contributed by atoms with Crippen molar-refractivity contribution in [1.82, 2.24) is 4.90 Å². The van der Waals surface area contributed by atoms with E-state index in [1.54, 1.807) is 0 Å². The molecule has 1 aliphatic rings. The molecule has 1 aromatic rings. The van der Waals surface area contributed by atoms with Crippen LogP contribution in [0, 0.1) is 5.92 Å². The molecule has 21 heavy (non-hydrogen) atoms. The highest BCUT2D eigenvalue weighted by atomic mass is 16.2. The Morgan fingerprint density at radius 1 is 1.29 bits per heavy atom. The summed E-state index contributed by atoms with van der Waals surface area (Å²) < 4.78 is 0. The number of amides is 1. The number of hydrogen-bond donors (Lipinski definition) is 1. The predicted octanol–water partition coefficient (Wildman–Crippen LogP) is 3.29. The molecule has 0 aromatic heterocycles. The first kappa shape index (κ1) is 16.0. The molecule has 0 spiro atoms. The van der Waals surface area contributed by atoms with Gasteiger partial charge in [0, 0.05) is 19.0 Å². The zero-order valence-corrected chi connectivity index (χ0v) is 13.5. The van der Waals surface area contributed by atoms with Crippen LogP contribution >= 0.6 is 0 Å². The van der Waals surface area contributed by atoms with Gasteiger partial charge in [-0.05, 0) is 36.3 Å². The van der Waals surface area contributed by atoms with Crippen LogP contribution in [0.4, 0.5) is 0 Å². The van der Waals surface area contributed by atoms with E-state index in [-0.39, 0.29) is 18.0 Å². The summed E-state index contributed by atoms with van der Waals surface area (Å²) in [6.07, 6.45) is 3.44. The Balaban J connectivity index is 2.22. The van der Waals surface area contributed by atoms with Gasteiger partial charge in [-0.15, -0.1) is 0 Å². The molecule has 0 saturated carbocycles. The zero-order chi connectivity index (χ0) is 15.4. The second-order valence-electron chi connectivity index (χ2n) is 6.51. The molecule has 1 heterocycles. The number of hydrogen-bond acceptors (Lipinski definition) is 2. The van der Waals surface area contributed by atoms with Crippen LogP contribution in [0.1, 0.15) is 57.2 Å². The molecule has 2 rings (SSSR count). The molecule has 3 nitrogen and oxygen atoms in total. The monoisotopic (exact) mass is 288 g/mol. The van der Waals surface area contributed by atoms with Gasteiger partial charge in [0.2, 0.25) is 5.91 Å². The number of carbonyl (C=O) groups is 1. The number of carbonyl (C=O) groups excluding carboxylic acids is 1. The molecule has 1 aliphatic heterocycles. The van der Waals surface area contributed by atoms with Crippen LogP contribution in [0.25, 0.3) is 0 Å². The van der Waals surface area contributed by atoms with E-state index in [4.69, 9.17) is 5.73 Å². The Kier molecular flexibility index (Phi) is 5.40. The first-order valence-corrected chi connectivity index (χ1v) is 8.16. The summed E-state index contributed by atoms with van der Waals surface area (Å²) in [5, 5.41) is 0. The predicted molar refractivity (Wildman–Crippen MR) is 86.9 cm³/mol. The summed E-state index contributed by atoms with van der Waals surface area (Å²) in [6.45, 7) is 7.35. The van der Waals surface area contributed by atoms with E-state index in [0.717, 1.165) is 25.8 Å². The van der Waals surface area contributed by atoms with E-state index in [0.29, 0.717) is 12.3 Å². The second-order valence-corrected chi connectivity index (χ2v) is 6.51. The number of rotatable bonds is 5. The molecular weight excluding hydrogens is 260 g/mol. The fraction of sp³-hybridized carbons (Fsp3) is 0.611. The Bertz CT molecular complexity index is 467. The number of benzene rings is 1. The van der Waals surface area contributed by atoms with Crippen molar-refractivity contribution in [2.24, 2.45) is 11.7 Å². The largest absolute Gasteiger partial charge is 0.334 e. The third kappa shape index (κ3) is 3.85. The van der Waals surface area contributed by atoms with Gasteiger partial charge in [-0.25, -0.2) is 0 Å². The number of aryl methyl sites for hydroxylation is 1. The van der Waals surface area contributed by atoms with Gasteiger partial charge in [-0.2, -0.15) is 0 Å². The third-order valence-corrected chi connectivity index (χ3v) is 4.43. The van der Waals surface area contributed by atoms with Gasteiger partial charge in [0.1, 0.15) is 0 Å². The normalized spacial score (nSPS) is 22.9. The molecule has 1 aromatic carbocycles. The van der Waals surface area contributed by atoms with Crippen molar-refractivity contribution in [3.05, 3.63) is 35.4 Å². The van der Waals surface area contributed by atoms with Crippen LogP contribution < -0.4 is 5.73 Å². The molecular formula is C18H28N2O. The Labute approximate surface area is 128 Å². The summed E-state index contributed by atoms with van der Waals surface area (Å²) in [4.78, 5) is 14.3. The number of piperidine rings is 1. The first-order chi connectivity index (χ1) is 10.0. The van der Waals surface area contributed by atoms with Crippen molar-refractivity contribution in [2.75, 3.05) is 6.54 Å². The topological polar surface area (TPSA) is 46.3 Å².